The Morgan fingerprint density at radius 3 is 2.43 bits per heavy atom. The Labute approximate surface area is 170 Å². The van der Waals surface area contributed by atoms with E-state index in [2.05, 4.69) is 44.2 Å². The van der Waals surface area contributed by atoms with Crippen LogP contribution in [0.15, 0.2) is 42.5 Å². The Bertz CT molecular complexity index is 776. The topological polar surface area (TPSA) is 37.3 Å². The summed E-state index contributed by atoms with van der Waals surface area (Å²) in [7, 11) is 0. The minimum atomic E-state index is -0.829. The van der Waals surface area contributed by atoms with Gasteiger partial charge in [-0.3, -0.25) is 0 Å². The van der Waals surface area contributed by atoms with Crippen molar-refractivity contribution >= 4 is 5.97 Å². The van der Waals surface area contributed by atoms with Crippen molar-refractivity contribution in [1.82, 2.24) is 0 Å². The van der Waals surface area contributed by atoms with Crippen LogP contribution in [0.4, 0.5) is 0 Å². The highest BCUT2D eigenvalue weighted by Gasteiger charge is 2.30. The fraction of sp³-hybridized carbons (Fsp3) is 0.500. The van der Waals surface area contributed by atoms with E-state index in [-0.39, 0.29) is 0 Å². The average Bonchev–Trinajstić information content (AvgIpc) is 2.72. The van der Waals surface area contributed by atoms with Crippen LogP contribution in [0.2, 0.25) is 0 Å². The number of fused-ring (bicyclic) bond motifs is 1. The summed E-state index contributed by atoms with van der Waals surface area (Å²) in [5.41, 5.74) is 5.80. The molecule has 0 aliphatic heterocycles. The number of rotatable bonds is 9. The summed E-state index contributed by atoms with van der Waals surface area (Å²) in [5.74, 6) is 0.213. The highest BCUT2D eigenvalue weighted by atomic mass is 16.4. The molecule has 0 radical (unpaired) electrons. The number of carboxylic acid groups (broad SMARTS) is 1. The van der Waals surface area contributed by atoms with Crippen molar-refractivity contribution in [3.8, 4) is 0 Å². The molecular weight excluding hydrogens is 344 g/mol. The van der Waals surface area contributed by atoms with E-state index in [1.54, 1.807) is 6.07 Å². The van der Waals surface area contributed by atoms with Gasteiger partial charge in [-0.1, -0.05) is 69.9 Å². The predicted molar refractivity (Wildman–Crippen MR) is 116 cm³/mol. The van der Waals surface area contributed by atoms with Crippen LogP contribution in [0.5, 0.6) is 0 Å². The second-order valence-electron chi connectivity index (χ2n) is 8.34. The van der Waals surface area contributed by atoms with E-state index < -0.39 is 5.97 Å². The van der Waals surface area contributed by atoms with E-state index in [1.807, 2.05) is 6.07 Å². The molecule has 2 aromatic rings. The third-order valence-corrected chi connectivity index (χ3v) is 6.32. The van der Waals surface area contributed by atoms with Crippen molar-refractivity contribution in [2.75, 3.05) is 0 Å². The molecule has 1 aliphatic rings. The van der Waals surface area contributed by atoms with Crippen LogP contribution in [-0.4, -0.2) is 11.1 Å². The molecule has 3 rings (SSSR count). The molecule has 0 saturated heterocycles. The van der Waals surface area contributed by atoms with Gasteiger partial charge in [0.25, 0.3) is 0 Å². The third kappa shape index (κ3) is 4.84. The maximum atomic E-state index is 11.4. The first kappa shape index (κ1) is 20.6. The number of aromatic carboxylic acids is 1. The molecule has 2 aromatic carbocycles. The molecule has 2 unspecified atom stereocenters. The molecule has 0 saturated carbocycles. The standard InChI is InChI=1S/C26H34O2/c1-3-5-7-9-20-14-15-22-18-23(26(27)28)16-17-24(22)25(20)21-12-10-19(11-13-21)8-6-4-2/h10-13,16-18,20,25H,3-9,14-15H2,1-2H3,(H,27,28). The molecule has 0 spiro atoms. The van der Waals surface area contributed by atoms with E-state index in [0.717, 1.165) is 19.3 Å². The number of hydrogen-bond acceptors (Lipinski definition) is 1. The van der Waals surface area contributed by atoms with Crippen molar-refractivity contribution in [2.24, 2.45) is 5.92 Å². The summed E-state index contributed by atoms with van der Waals surface area (Å²) in [6.07, 6.45) is 10.9. The van der Waals surface area contributed by atoms with E-state index >= 15 is 0 Å². The molecular formula is C26H34O2. The molecule has 0 aromatic heterocycles. The number of hydrogen-bond donors (Lipinski definition) is 1. The molecule has 0 bridgehead atoms. The summed E-state index contributed by atoms with van der Waals surface area (Å²) in [6.45, 7) is 4.50. The number of aryl methyl sites for hydroxylation is 2. The highest BCUT2D eigenvalue weighted by molar-refractivity contribution is 5.88. The minimum absolute atomic E-state index is 0.392. The second-order valence-corrected chi connectivity index (χ2v) is 8.34. The Kier molecular flexibility index (Phi) is 7.30. The minimum Gasteiger partial charge on any atom is -0.478 e. The van der Waals surface area contributed by atoms with E-state index in [0.29, 0.717) is 17.4 Å². The number of carbonyl (C=O) groups is 1. The summed E-state index contributed by atoms with van der Waals surface area (Å²) in [5, 5.41) is 9.37. The quantitative estimate of drug-likeness (QED) is 0.477. The Morgan fingerprint density at radius 1 is 1.00 bits per heavy atom. The fourth-order valence-corrected chi connectivity index (χ4v) is 4.71. The van der Waals surface area contributed by atoms with Crippen molar-refractivity contribution in [2.45, 2.75) is 77.6 Å². The summed E-state index contributed by atoms with van der Waals surface area (Å²) in [6, 6.07) is 15.0. The van der Waals surface area contributed by atoms with Crippen molar-refractivity contribution in [3.63, 3.8) is 0 Å². The van der Waals surface area contributed by atoms with Crippen LogP contribution in [0.25, 0.3) is 0 Å². The van der Waals surface area contributed by atoms with Crippen LogP contribution in [0, 0.1) is 5.92 Å². The van der Waals surface area contributed by atoms with Gasteiger partial charge in [-0.15, -0.1) is 0 Å². The molecule has 150 valence electrons. The average molecular weight is 379 g/mol. The van der Waals surface area contributed by atoms with Crippen LogP contribution in [0.1, 0.15) is 97.3 Å². The van der Waals surface area contributed by atoms with Gasteiger partial charge in [0.1, 0.15) is 0 Å². The zero-order valence-corrected chi connectivity index (χ0v) is 17.4. The van der Waals surface area contributed by atoms with Gasteiger partial charge >= 0.3 is 5.97 Å². The third-order valence-electron chi connectivity index (χ3n) is 6.32. The van der Waals surface area contributed by atoms with E-state index in [9.17, 15) is 9.90 Å². The van der Waals surface area contributed by atoms with Gasteiger partial charge < -0.3 is 5.11 Å². The lowest BCUT2D eigenvalue weighted by molar-refractivity contribution is 0.0696. The van der Waals surface area contributed by atoms with Crippen molar-refractivity contribution in [1.29, 1.82) is 0 Å². The molecule has 1 aliphatic carbocycles. The second kappa shape index (κ2) is 9.91. The van der Waals surface area contributed by atoms with E-state index in [4.69, 9.17) is 0 Å². The Balaban J connectivity index is 1.91. The van der Waals surface area contributed by atoms with Gasteiger partial charge in [-0.25, -0.2) is 4.79 Å². The number of carboxylic acids is 1. The Morgan fingerprint density at radius 2 is 1.75 bits per heavy atom. The maximum absolute atomic E-state index is 11.4. The lowest BCUT2D eigenvalue weighted by Gasteiger charge is -2.34. The van der Waals surface area contributed by atoms with Crippen LogP contribution in [-0.2, 0) is 12.8 Å². The Hall–Kier alpha value is -2.09. The first-order valence-corrected chi connectivity index (χ1v) is 11.1. The fourth-order valence-electron chi connectivity index (χ4n) is 4.71. The van der Waals surface area contributed by atoms with Crippen LogP contribution in [0.3, 0.4) is 0 Å². The van der Waals surface area contributed by atoms with Gasteiger partial charge in [0.2, 0.25) is 0 Å². The lowest BCUT2D eigenvalue weighted by Crippen LogP contribution is -2.22. The van der Waals surface area contributed by atoms with Gasteiger partial charge in [0.05, 0.1) is 5.56 Å². The molecule has 0 amide bonds. The summed E-state index contributed by atoms with van der Waals surface area (Å²) < 4.78 is 0. The largest absolute Gasteiger partial charge is 0.478 e. The van der Waals surface area contributed by atoms with Gasteiger partial charge in [0.15, 0.2) is 0 Å². The predicted octanol–water partition coefficient (Wildman–Crippen LogP) is 7.00. The molecule has 2 nitrogen and oxygen atoms in total. The van der Waals surface area contributed by atoms with Crippen LogP contribution >= 0.6 is 0 Å². The zero-order valence-electron chi connectivity index (χ0n) is 17.4. The highest BCUT2D eigenvalue weighted by Crippen LogP contribution is 2.43. The zero-order chi connectivity index (χ0) is 19.9. The number of unbranched alkanes of at least 4 members (excludes halogenated alkanes) is 3. The first-order chi connectivity index (χ1) is 13.6. The normalized spacial score (nSPS) is 18.6. The molecule has 2 atom stereocenters. The molecule has 0 heterocycles. The van der Waals surface area contributed by atoms with Crippen molar-refractivity contribution in [3.05, 3.63) is 70.3 Å². The molecule has 28 heavy (non-hydrogen) atoms. The SMILES string of the molecule is CCCCCC1CCc2cc(C(=O)O)ccc2C1c1ccc(CCCC)cc1. The van der Waals surface area contributed by atoms with Crippen LogP contribution < -0.4 is 0 Å². The molecule has 2 heteroatoms. The first-order valence-electron chi connectivity index (χ1n) is 11.1. The molecule has 1 N–H and O–H groups in total. The number of benzene rings is 2. The smallest absolute Gasteiger partial charge is 0.335 e. The van der Waals surface area contributed by atoms with Crippen molar-refractivity contribution < 1.29 is 9.90 Å². The van der Waals surface area contributed by atoms with Gasteiger partial charge in [-0.2, -0.15) is 0 Å². The van der Waals surface area contributed by atoms with Gasteiger partial charge in [-0.05, 0) is 72.4 Å². The monoisotopic (exact) mass is 378 g/mol. The lowest BCUT2D eigenvalue weighted by atomic mass is 9.70. The summed E-state index contributed by atoms with van der Waals surface area (Å²) in [4.78, 5) is 11.4. The van der Waals surface area contributed by atoms with E-state index in [1.165, 1.54) is 60.8 Å². The van der Waals surface area contributed by atoms with Gasteiger partial charge in [0, 0.05) is 5.92 Å². The maximum Gasteiger partial charge on any atom is 0.335 e. The summed E-state index contributed by atoms with van der Waals surface area (Å²) >= 11 is 0. The molecule has 0 fully saturated rings.